The highest BCUT2D eigenvalue weighted by molar-refractivity contribution is 7.89. The van der Waals surface area contributed by atoms with Crippen molar-refractivity contribution in [2.75, 3.05) is 46.3 Å². The van der Waals surface area contributed by atoms with Crippen molar-refractivity contribution in [3.8, 4) is 0 Å². The highest BCUT2D eigenvalue weighted by atomic mass is 32.2. The van der Waals surface area contributed by atoms with Crippen LogP contribution in [-0.2, 0) is 24.3 Å². The topological polar surface area (TPSA) is 117 Å². The molecule has 5 atom stereocenters. The van der Waals surface area contributed by atoms with E-state index in [4.69, 9.17) is 9.47 Å². The van der Waals surface area contributed by atoms with Gasteiger partial charge in [-0.15, -0.1) is 0 Å². The Bertz CT molecular complexity index is 1300. The van der Waals surface area contributed by atoms with E-state index in [1.54, 1.807) is 27.4 Å². The van der Waals surface area contributed by atoms with Gasteiger partial charge in [-0.05, 0) is 74.9 Å². The van der Waals surface area contributed by atoms with Crippen LogP contribution in [0.5, 0.6) is 0 Å². The maximum atomic E-state index is 13.3. The average molecular weight is 632 g/mol. The van der Waals surface area contributed by atoms with Gasteiger partial charge in [0.25, 0.3) is 0 Å². The number of amides is 1. The first kappa shape index (κ1) is 34.1. The van der Waals surface area contributed by atoms with Crippen LogP contribution in [0.15, 0.2) is 46.9 Å². The second-order valence-electron chi connectivity index (χ2n) is 12.6. The lowest BCUT2D eigenvalue weighted by Crippen LogP contribution is -2.48. The second-order valence-corrected chi connectivity index (χ2v) is 14.6. The zero-order valence-electron chi connectivity index (χ0n) is 26.6. The Morgan fingerprint density at radius 2 is 1.73 bits per heavy atom. The van der Waals surface area contributed by atoms with Crippen LogP contribution in [0.4, 0.5) is 4.79 Å². The number of piperazine rings is 1. The van der Waals surface area contributed by atoms with Crippen molar-refractivity contribution in [3.63, 3.8) is 0 Å². The molecule has 1 N–H and O–H groups in total. The van der Waals surface area contributed by atoms with E-state index in [2.05, 4.69) is 4.90 Å². The lowest BCUT2D eigenvalue weighted by atomic mass is 9.91. The van der Waals surface area contributed by atoms with Gasteiger partial charge < -0.3 is 24.4 Å². The van der Waals surface area contributed by atoms with Crippen LogP contribution in [0.1, 0.15) is 64.9 Å². The van der Waals surface area contributed by atoms with Gasteiger partial charge in [-0.2, -0.15) is 4.31 Å². The van der Waals surface area contributed by atoms with Crippen molar-refractivity contribution in [2.24, 2.45) is 11.8 Å². The Balaban J connectivity index is 1.56. The Labute approximate surface area is 262 Å². The van der Waals surface area contributed by atoms with Crippen LogP contribution in [0.2, 0.25) is 0 Å². The minimum absolute atomic E-state index is 0.0698. The molecule has 0 bridgehead atoms. The number of hydrogen-bond donors (Lipinski definition) is 1. The largest absolute Gasteiger partial charge is 0.457 e. The smallest absolute Gasteiger partial charge is 0.410 e. The molecule has 44 heavy (non-hydrogen) atoms. The number of carbonyl (C=O) groups excluding carboxylic acids is 2. The van der Waals surface area contributed by atoms with Gasteiger partial charge in [0.05, 0.1) is 17.4 Å². The first-order valence-corrected chi connectivity index (χ1v) is 17.4. The molecule has 2 fully saturated rings. The highest BCUT2D eigenvalue weighted by Crippen LogP contribution is 2.27. The number of piperidine rings is 1. The summed E-state index contributed by atoms with van der Waals surface area (Å²) >= 11 is 0. The van der Waals surface area contributed by atoms with Crippen LogP contribution in [0.3, 0.4) is 0 Å². The number of cyclic esters (lactones) is 1. The van der Waals surface area contributed by atoms with E-state index in [0.717, 1.165) is 37.9 Å². The molecular formula is C33H49N3O7S. The minimum Gasteiger partial charge on any atom is -0.457 e. The summed E-state index contributed by atoms with van der Waals surface area (Å²) in [6.45, 7) is 9.62. The Kier molecular flexibility index (Phi) is 12.0. The third-order valence-corrected chi connectivity index (χ3v) is 10.8. The van der Waals surface area contributed by atoms with Gasteiger partial charge in [0, 0.05) is 45.2 Å². The molecule has 3 aliphatic heterocycles. The number of carbonyl (C=O) groups is 2. The van der Waals surface area contributed by atoms with Crippen LogP contribution in [-0.4, -0.2) is 104 Å². The second kappa shape index (κ2) is 15.5. The molecule has 11 heteroatoms. The fourth-order valence-electron chi connectivity index (χ4n) is 5.99. The summed E-state index contributed by atoms with van der Waals surface area (Å²) in [7, 11) is -1.57. The lowest BCUT2D eigenvalue weighted by Gasteiger charge is -2.33. The monoisotopic (exact) mass is 631 g/mol. The molecule has 1 aromatic carbocycles. The van der Waals surface area contributed by atoms with Gasteiger partial charge >= 0.3 is 12.1 Å². The Hall–Kier alpha value is -2.73. The number of aliphatic hydroxyl groups excluding tert-OH is 1. The van der Waals surface area contributed by atoms with Crippen molar-refractivity contribution in [1.82, 2.24) is 14.1 Å². The predicted octanol–water partition coefficient (Wildman–Crippen LogP) is 4.30. The molecule has 2 saturated heterocycles. The molecule has 0 radical (unpaired) electrons. The Morgan fingerprint density at radius 1 is 1.02 bits per heavy atom. The molecule has 3 aliphatic rings. The van der Waals surface area contributed by atoms with Gasteiger partial charge in [0.2, 0.25) is 10.0 Å². The summed E-state index contributed by atoms with van der Waals surface area (Å²) in [5, 5.41) is 10.6. The zero-order chi connectivity index (χ0) is 31.9. The van der Waals surface area contributed by atoms with E-state index < -0.39 is 34.3 Å². The van der Waals surface area contributed by atoms with Gasteiger partial charge in [-0.25, -0.2) is 13.2 Å². The summed E-state index contributed by atoms with van der Waals surface area (Å²) < 4.78 is 40.0. The number of esters is 1. The van der Waals surface area contributed by atoms with Crippen LogP contribution in [0.25, 0.3) is 6.08 Å². The molecule has 10 nitrogen and oxygen atoms in total. The summed E-state index contributed by atoms with van der Waals surface area (Å²) in [6, 6.07) is 6.83. The molecule has 1 amide bonds. The third-order valence-electron chi connectivity index (χ3n) is 8.91. The third kappa shape index (κ3) is 9.15. The molecule has 0 aliphatic carbocycles. The molecule has 0 unspecified atom stereocenters. The van der Waals surface area contributed by atoms with E-state index in [1.165, 1.54) is 0 Å². The summed E-state index contributed by atoms with van der Waals surface area (Å²) in [5.74, 6) is -0.855. The van der Waals surface area contributed by atoms with Crippen molar-refractivity contribution in [2.45, 2.75) is 82.5 Å². The van der Waals surface area contributed by atoms with Gasteiger partial charge in [0.15, 0.2) is 0 Å². The van der Waals surface area contributed by atoms with Gasteiger partial charge in [-0.1, -0.05) is 44.6 Å². The van der Waals surface area contributed by atoms with Crippen LogP contribution in [0, 0.1) is 11.8 Å². The van der Waals surface area contributed by atoms with E-state index in [0.29, 0.717) is 44.6 Å². The maximum absolute atomic E-state index is 13.3. The molecule has 0 saturated carbocycles. The number of rotatable bonds is 5. The molecule has 0 spiro atoms. The molecule has 1 aromatic rings. The maximum Gasteiger partial charge on any atom is 0.410 e. The molecular weight excluding hydrogens is 582 g/mol. The van der Waals surface area contributed by atoms with Crippen molar-refractivity contribution in [3.05, 3.63) is 47.6 Å². The zero-order valence-corrected chi connectivity index (χ0v) is 27.4. The standard InChI is InChI=1S/C33H49N3O7S/c1-24-11-13-28(37)23-31(38)43-32(25(2)12-14-30(24)42-33(39)35-19-17-34(4)18-20-35)26(3)21-27-9-8-10-29(22-27)44(40,41)36-15-6-5-7-16-36/h8-10,12,14,21-22,24-25,28,30,32,37H,5-7,11,13,15-20,23H2,1-4H3/b14-12?,26-21+/t24-,25-,28+,30-,32-/m0/s1. The number of benzene rings is 1. The van der Waals surface area contributed by atoms with Gasteiger partial charge in [0.1, 0.15) is 12.2 Å². The molecule has 0 aromatic heterocycles. The van der Waals surface area contributed by atoms with E-state index in [9.17, 15) is 23.1 Å². The van der Waals surface area contributed by atoms with Crippen LogP contribution >= 0.6 is 0 Å². The molecule has 244 valence electrons. The Morgan fingerprint density at radius 3 is 2.43 bits per heavy atom. The number of sulfonamides is 1. The van der Waals surface area contributed by atoms with Gasteiger partial charge in [-0.3, -0.25) is 4.79 Å². The average Bonchev–Trinajstić information content (AvgIpc) is 3.00. The highest BCUT2D eigenvalue weighted by Gasteiger charge is 2.30. The SMILES string of the molecule is C/C(=C\c1cccc(S(=O)(=O)N2CCCCC2)c1)[C@H]1OC(=O)C[C@H](O)CC[C@H](C)[C@@H](OC(=O)N2CCN(C)CC2)C=C[C@@H]1C. The number of aliphatic hydroxyl groups is 1. The minimum atomic E-state index is -3.60. The molecule has 3 heterocycles. The number of nitrogens with zero attached hydrogens (tertiary/aromatic N) is 3. The fraction of sp³-hybridized carbons (Fsp3) is 0.636. The van der Waals surface area contributed by atoms with Crippen molar-refractivity contribution in [1.29, 1.82) is 0 Å². The summed E-state index contributed by atoms with van der Waals surface area (Å²) in [6.07, 6.45) is 6.81. The predicted molar refractivity (Wildman–Crippen MR) is 169 cm³/mol. The summed E-state index contributed by atoms with van der Waals surface area (Å²) in [4.78, 5) is 30.1. The van der Waals surface area contributed by atoms with Crippen molar-refractivity contribution >= 4 is 28.2 Å². The summed E-state index contributed by atoms with van der Waals surface area (Å²) in [5.41, 5.74) is 1.42. The number of hydrogen-bond acceptors (Lipinski definition) is 8. The normalized spacial score (nSPS) is 28.9. The first-order valence-electron chi connectivity index (χ1n) is 15.9. The number of likely N-dealkylation sites (N-methyl/N-ethyl adjacent to an activating group) is 1. The van der Waals surface area contributed by atoms with E-state index in [1.807, 2.05) is 52.1 Å². The van der Waals surface area contributed by atoms with Crippen molar-refractivity contribution < 1.29 is 32.6 Å². The lowest BCUT2D eigenvalue weighted by molar-refractivity contribution is -0.151. The van der Waals surface area contributed by atoms with Crippen LogP contribution < -0.4 is 0 Å². The van der Waals surface area contributed by atoms with E-state index in [-0.39, 0.29) is 29.2 Å². The number of ether oxygens (including phenoxy) is 2. The quantitative estimate of drug-likeness (QED) is 0.378. The van der Waals surface area contributed by atoms with E-state index >= 15 is 0 Å². The molecule has 4 rings (SSSR count). The fourth-order valence-corrected chi connectivity index (χ4v) is 7.57. The first-order chi connectivity index (χ1) is 20.9.